The lowest BCUT2D eigenvalue weighted by atomic mass is 9.90. The van der Waals surface area contributed by atoms with E-state index in [0.717, 1.165) is 49.3 Å². The Hall–Kier alpha value is -3.24. The number of ether oxygens (including phenoxy) is 6. The molecule has 9 nitrogen and oxygen atoms in total. The molecule has 1 N–H and O–H groups in total. The number of hydrogen-bond donors (Lipinski definition) is 1. The first kappa shape index (κ1) is 31.7. The van der Waals surface area contributed by atoms with Gasteiger partial charge in [0.2, 0.25) is 0 Å². The number of hydrogen-bond acceptors (Lipinski definition) is 8. The maximum absolute atomic E-state index is 13.4. The summed E-state index contributed by atoms with van der Waals surface area (Å²) in [6, 6.07) is 12.1. The molecule has 3 fully saturated rings. The smallest absolute Gasteiger partial charge is 0.303 e. The Balaban J connectivity index is 1.21. The quantitative estimate of drug-likeness (QED) is 0.193. The van der Waals surface area contributed by atoms with E-state index >= 15 is 0 Å². The van der Waals surface area contributed by atoms with Gasteiger partial charge >= 0.3 is 5.97 Å². The van der Waals surface area contributed by atoms with E-state index in [-0.39, 0.29) is 42.7 Å². The zero-order chi connectivity index (χ0) is 31.0. The summed E-state index contributed by atoms with van der Waals surface area (Å²) in [6.45, 7) is 1.31. The van der Waals surface area contributed by atoms with Gasteiger partial charge in [0, 0.05) is 37.9 Å². The van der Waals surface area contributed by atoms with Crippen molar-refractivity contribution in [3.8, 4) is 11.5 Å². The zero-order valence-electron chi connectivity index (χ0n) is 25.7. The first-order chi connectivity index (χ1) is 22.0. The van der Waals surface area contributed by atoms with Crippen molar-refractivity contribution in [2.75, 3.05) is 13.2 Å². The van der Waals surface area contributed by atoms with Crippen LogP contribution >= 0.6 is 0 Å². The summed E-state index contributed by atoms with van der Waals surface area (Å²) in [7, 11) is 0. The van der Waals surface area contributed by atoms with Crippen LogP contribution in [0.4, 0.5) is 0 Å². The molecule has 6 rings (SSSR count). The summed E-state index contributed by atoms with van der Waals surface area (Å²) >= 11 is 0. The highest BCUT2D eigenvalue weighted by molar-refractivity contribution is 5.86. The third-order valence-corrected chi connectivity index (χ3v) is 9.03. The molecule has 9 heteroatoms. The van der Waals surface area contributed by atoms with E-state index in [1.807, 2.05) is 60.7 Å². The van der Waals surface area contributed by atoms with Crippen LogP contribution in [0.3, 0.4) is 0 Å². The number of Topliss-reactive ketones (excluding diaryl/α,β-unsaturated/α-hetero) is 1. The monoisotopic (exact) mass is 620 g/mol. The molecule has 0 spiro atoms. The highest BCUT2D eigenvalue weighted by Gasteiger charge is 2.43. The number of rotatable bonds is 13. The minimum atomic E-state index is -0.800. The largest absolute Gasteiger partial charge is 0.481 e. The highest BCUT2D eigenvalue weighted by Crippen LogP contribution is 2.41. The van der Waals surface area contributed by atoms with Crippen LogP contribution in [-0.4, -0.2) is 61.2 Å². The van der Waals surface area contributed by atoms with Crippen molar-refractivity contribution in [2.24, 2.45) is 11.8 Å². The predicted molar refractivity (Wildman–Crippen MR) is 167 cm³/mol. The summed E-state index contributed by atoms with van der Waals surface area (Å²) in [5, 5.41) is 11.1. The lowest BCUT2D eigenvalue weighted by Gasteiger charge is -2.30. The van der Waals surface area contributed by atoms with Crippen molar-refractivity contribution in [2.45, 2.75) is 102 Å². The fraction of sp³-hybridized carbons (Fsp3) is 0.556. The lowest BCUT2D eigenvalue weighted by molar-refractivity contribution is -0.208. The van der Waals surface area contributed by atoms with Gasteiger partial charge in [-0.05, 0) is 80.7 Å². The Kier molecular flexibility index (Phi) is 10.8. The molecular formula is C36H44O9. The maximum Gasteiger partial charge on any atom is 0.303 e. The SMILES string of the molecule is O=C(O)CCC/C=C\C[C@H]1C(=O)C[C@@H](OC2CCCCO2)[C@@H]1/C=C/[C@@H](OC1CCCCO1)C1Oc2cc3ccccc3cc2O1. The van der Waals surface area contributed by atoms with Gasteiger partial charge < -0.3 is 33.5 Å². The molecule has 0 amide bonds. The summed E-state index contributed by atoms with van der Waals surface area (Å²) in [4.78, 5) is 24.2. The van der Waals surface area contributed by atoms with Crippen molar-refractivity contribution < 1.29 is 43.1 Å². The van der Waals surface area contributed by atoms with Crippen LogP contribution in [0.15, 0.2) is 60.7 Å². The van der Waals surface area contributed by atoms with Crippen LogP contribution in [-0.2, 0) is 28.5 Å². The minimum Gasteiger partial charge on any atom is -0.481 e. The number of unbranched alkanes of at least 4 members (excludes halogenated alkanes) is 1. The fourth-order valence-corrected chi connectivity index (χ4v) is 6.61. The number of ketones is 1. The van der Waals surface area contributed by atoms with Crippen molar-refractivity contribution >= 4 is 22.5 Å². The van der Waals surface area contributed by atoms with Gasteiger partial charge in [-0.25, -0.2) is 0 Å². The van der Waals surface area contributed by atoms with Gasteiger partial charge in [0.25, 0.3) is 6.29 Å². The molecule has 2 saturated heterocycles. The van der Waals surface area contributed by atoms with E-state index in [2.05, 4.69) is 0 Å². The first-order valence-electron chi connectivity index (χ1n) is 16.5. The minimum absolute atomic E-state index is 0.132. The Bertz CT molecular complexity index is 1310. The second-order valence-corrected chi connectivity index (χ2v) is 12.3. The molecule has 2 aromatic carbocycles. The Morgan fingerprint density at radius 1 is 0.956 bits per heavy atom. The number of carboxylic acids is 1. The molecule has 1 saturated carbocycles. The van der Waals surface area contributed by atoms with Gasteiger partial charge in [-0.3, -0.25) is 9.59 Å². The summed E-state index contributed by atoms with van der Waals surface area (Å²) < 4.78 is 37.4. The van der Waals surface area contributed by atoms with Crippen molar-refractivity contribution in [1.82, 2.24) is 0 Å². The average molecular weight is 621 g/mol. The third kappa shape index (κ3) is 8.33. The van der Waals surface area contributed by atoms with Crippen LogP contribution < -0.4 is 9.47 Å². The van der Waals surface area contributed by atoms with Gasteiger partial charge in [-0.15, -0.1) is 0 Å². The average Bonchev–Trinajstić information content (AvgIpc) is 3.59. The van der Waals surface area contributed by atoms with Gasteiger partial charge in [-0.2, -0.15) is 0 Å². The highest BCUT2D eigenvalue weighted by atomic mass is 16.8. The van der Waals surface area contributed by atoms with Gasteiger partial charge in [0.15, 0.2) is 30.2 Å². The molecule has 1 aliphatic carbocycles. The van der Waals surface area contributed by atoms with Crippen LogP contribution in [0, 0.1) is 11.8 Å². The third-order valence-electron chi connectivity index (χ3n) is 9.03. The molecule has 3 heterocycles. The fourth-order valence-electron chi connectivity index (χ4n) is 6.61. The second-order valence-electron chi connectivity index (χ2n) is 12.3. The molecule has 3 aliphatic heterocycles. The molecule has 242 valence electrons. The van der Waals surface area contributed by atoms with Crippen LogP contribution in [0.25, 0.3) is 10.8 Å². The predicted octanol–water partition coefficient (Wildman–Crippen LogP) is 6.72. The molecule has 0 radical (unpaired) electrons. The lowest BCUT2D eigenvalue weighted by Crippen LogP contribution is -2.39. The van der Waals surface area contributed by atoms with Gasteiger partial charge in [-0.1, -0.05) is 48.6 Å². The Morgan fingerprint density at radius 3 is 2.29 bits per heavy atom. The Labute approximate surface area is 264 Å². The maximum atomic E-state index is 13.4. The number of carboxylic acid groups (broad SMARTS) is 1. The number of benzene rings is 2. The molecule has 2 unspecified atom stereocenters. The van der Waals surface area contributed by atoms with E-state index in [4.69, 9.17) is 33.5 Å². The van der Waals surface area contributed by atoms with E-state index in [9.17, 15) is 9.59 Å². The van der Waals surface area contributed by atoms with Crippen molar-refractivity contribution in [1.29, 1.82) is 0 Å². The van der Waals surface area contributed by atoms with E-state index < -0.39 is 18.4 Å². The van der Waals surface area contributed by atoms with Crippen molar-refractivity contribution in [3.63, 3.8) is 0 Å². The number of allylic oxidation sites excluding steroid dienone is 2. The topological polar surface area (TPSA) is 110 Å². The van der Waals surface area contributed by atoms with Crippen LogP contribution in [0.2, 0.25) is 0 Å². The molecule has 2 aromatic rings. The number of carbonyl (C=O) groups excluding carboxylic acids is 1. The first-order valence-corrected chi connectivity index (χ1v) is 16.5. The molecule has 4 aliphatic rings. The summed E-state index contributed by atoms with van der Waals surface area (Å²) in [5.41, 5.74) is 0. The zero-order valence-corrected chi connectivity index (χ0v) is 25.7. The summed E-state index contributed by atoms with van der Waals surface area (Å²) in [5.74, 6) is 0.222. The number of fused-ring (bicyclic) bond motifs is 2. The van der Waals surface area contributed by atoms with Gasteiger partial charge in [0.1, 0.15) is 5.78 Å². The van der Waals surface area contributed by atoms with Crippen LogP contribution in [0.5, 0.6) is 11.5 Å². The molecule has 6 atom stereocenters. The molecule has 0 aromatic heterocycles. The van der Waals surface area contributed by atoms with Crippen molar-refractivity contribution in [3.05, 3.63) is 60.7 Å². The normalized spacial score (nSPS) is 28.0. The van der Waals surface area contributed by atoms with E-state index in [1.165, 1.54) is 0 Å². The standard InChI is InChI=1S/C36H44O9/c37-28-23-30(43-35-16-8-10-20-41-35)27(26(28)13-3-1-2-4-14-33(38)39)17-18-29(42-34-15-7-9-19-40-34)36-44-31-21-24-11-5-6-12-25(24)22-32(31)45-36/h1,3,5-6,11-12,17-18,21-22,26-27,29-30,34-36H,2,4,7-10,13-16,19-20,23H2,(H,38,39)/b3-1-,18-17+/t26-,27-,29-,30-,34?,35?/m1/s1. The van der Waals surface area contributed by atoms with E-state index in [1.54, 1.807) is 0 Å². The molecule has 0 bridgehead atoms. The number of carbonyl (C=O) groups is 2. The van der Waals surface area contributed by atoms with E-state index in [0.29, 0.717) is 50.4 Å². The van der Waals surface area contributed by atoms with Gasteiger partial charge in [0.05, 0.1) is 6.10 Å². The molecular weight excluding hydrogens is 576 g/mol. The second kappa shape index (κ2) is 15.4. The Morgan fingerprint density at radius 2 is 1.64 bits per heavy atom. The summed E-state index contributed by atoms with van der Waals surface area (Å²) in [6.07, 6.45) is 13.6. The van der Waals surface area contributed by atoms with Crippen LogP contribution in [0.1, 0.15) is 70.6 Å². The molecule has 45 heavy (non-hydrogen) atoms. The number of aliphatic carboxylic acids is 1.